The van der Waals surface area contributed by atoms with Gasteiger partial charge in [-0.1, -0.05) is 5.16 Å². The number of nitrogens with one attached hydrogen (secondary N) is 1. The molecule has 21 nitrogen and oxygen atoms in total. The van der Waals surface area contributed by atoms with Crippen molar-refractivity contribution < 1.29 is 57.4 Å². The Morgan fingerprint density at radius 1 is 1.13 bits per heavy atom. The molecule has 3 aromatic heterocycles. The first-order chi connectivity index (χ1) is 24.5. The van der Waals surface area contributed by atoms with Crippen molar-refractivity contribution in [2.75, 3.05) is 17.2 Å². The Morgan fingerprint density at radius 2 is 1.87 bits per heavy atom. The molecule has 5 heterocycles. The molecular weight excluding hydrogens is 771 g/mol. The van der Waals surface area contributed by atoms with Gasteiger partial charge in [-0.25, -0.2) is 19.6 Å². The standard InChI is InChI=1S/C27H23N9O12S4/c1-9-2-16(36-26(29-9)32-27(33-36)52(45,46)47)49-6-11-7-50-22-18(21(40)35(22)19(11)24(43)44)31-20(39)17(13-8-51-25(28)30-13)34-48-5-10-3-14(37)15(38)4-12(10)23(41)42/h2-4,8,18,22,37-38H,5-7H2,1H3,(H2,28,30)(H,31,39)(H,41,42)(H,43,44)(H,45,46,47)/t18-,22-/m1/s1. The highest BCUT2D eigenvalue weighted by atomic mass is 32.2. The third kappa shape index (κ3) is 7.02. The number of carbonyl (C=O) groups is 4. The number of thiazole rings is 1. The number of carboxylic acid groups (broad SMARTS) is 2. The molecule has 4 aromatic rings. The van der Waals surface area contributed by atoms with Crippen LogP contribution < -0.4 is 11.1 Å². The second kappa shape index (κ2) is 13.9. The molecular formula is C27H23N9O12S4. The summed E-state index contributed by atoms with van der Waals surface area (Å²) >= 11 is 3.20. The SMILES string of the molecule is Cc1cc(SCC2=C(C(=O)O)N3C(=O)[C@@H](NC(=O)C(=NOCc4cc(O)c(O)cc4C(=O)O)c4csc(N)n4)[C@H]3SC2)n2nc(S(=O)(=O)O)nc2n1. The predicted octanol–water partition coefficient (Wildman–Crippen LogP) is 0.279. The van der Waals surface area contributed by atoms with Gasteiger partial charge in [0.25, 0.3) is 22.7 Å². The van der Waals surface area contributed by atoms with Crippen molar-refractivity contribution in [3.63, 3.8) is 0 Å². The lowest BCUT2D eigenvalue weighted by atomic mass is 10.0. The molecule has 2 aliphatic rings. The van der Waals surface area contributed by atoms with E-state index in [0.29, 0.717) is 16.3 Å². The van der Waals surface area contributed by atoms with E-state index in [2.05, 4.69) is 30.5 Å². The van der Waals surface area contributed by atoms with Gasteiger partial charge in [0.15, 0.2) is 22.3 Å². The molecule has 25 heteroatoms. The number of aromatic hydroxyl groups is 2. The topological polar surface area (TPSA) is 322 Å². The normalized spacial score (nSPS) is 17.5. The van der Waals surface area contributed by atoms with Gasteiger partial charge in [-0.05, 0) is 30.7 Å². The van der Waals surface area contributed by atoms with Gasteiger partial charge in [-0.3, -0.25) is 19.0 Å². The van der Waals surface area contributed by atoms with Crippen LogP contribution in [0.2, 0.25) is 0 Å². The Morgan fingerprint density at radius 3 is 2.52 bits per heavy atom. The fourth-order valence-corrected chi connectivity index (χ4v) is 8.48. The minimum absolute atomic E-state index is 0.0174. The lowest BCUT2D eigenvalue weighted by Crippen LogP contribution is -2.71. The molecule has 0 saturated carbocycles. The van der Waals surface area contributed by atoms with Gasteiger partial charge in [0.2, 0.25) is 0 Å². The van der Waals surface area contributed by atoms with E-state index in [4.69, 9.17) is 10.6 Å². The third-order valence-corrected chi connectivity index (χ3v) is 11.1. The van der Waals surface area contributed by atoms with Gasteiger partial charge in [0, 0.05) is 28.1 Å². The Bertz CT molecular complexity index is 2360. The Kier molecular flexibility index (Phi) is 9.71. The number of anilines is 1. The van der Waals surface area contributed by atoms with E-state index in [1.807, 2.05) is 0 Å². The number of nitrogen functional groups attached to an aromatic ring is 1. The number of carbonyl (C=O) groups excluding carboxylic acids is 2. The lowest BCUT2D eigenvalue weighted by molar-refractivity contribution is -0.150. The zero-order chi connectivity index (χ0) is 37.6. The molecule has 1 fully saturated rings. The van der Waals surface area contributed by atoms with Crippen molar-refractivity contribution >= 4 is 85.4 Å². The van der Waals surface area contributed by atoms with Crippen molar-refractivity contribution in [2.45, 2.75) is 35.1 Å². The third-order valence-electron chi connectivity index (χ3n) is 7.34. The van der Waals surface area contributed by atoms with Crippen molar-refractivity contribution in [2.24, 2.45) is 5.16 Å². The highest BCUT2D eigenvalue weighted by molar-refractivity contribution is 8.01. The van der Waals surface area contributed by atoms with E-state index >= 15 is 0 Å². The molecule has 6 rings (SSSR count). The van der Waals surface area contributed by atoms with Crippen LogP contribution in [0.5, 0.6) is 11.5 Å². The molecule has 0 aliphatic carbocycles. The fraction of sp³-hybridized carbons (Fsp3) is 0.222. The van der Waals surface area contributed by atoms with E-state index in [9.17, 15) is 52.6 Å². The first kappa shape index (κ1) is 36.3. The van der Waals surface area contributed by atoms with Crippen LogP contribution in [-0.4, -0.2) is 115 Å². The van der Waals surface area contributed by atoms with Crippen LogP contribution in [0.1, 0.15) is 27.3 Å². The number of nitrogens with two attached hydrogens (primary N) is 1. The molecule has 1 aromatic carbocycles. The number of β-lactam (4-membered cyclic amide) rings is 1. The van der Waals surface area contributed by atoms with Crippen molar-refractivity contribution in [3.05, 3.63) is 57.4 Å². The van der Waals surface area contributed by atoms with E-state index in [1.54, 1.807) is 13.0 Å². The van der Waals surface area contributed by atoms with Crippen LogP contribution >= 0.6 is 34.9 Å². The first-order valence-electron chi connectivity index (χ1n) is 14.3. The van der Waals surface area contributed by atoms with E-state index in [-0.39, 0.29) is 39.4 Å². The summed E-state index contributed by atoms with van der Waals surface area (Å²) in [6.45, 7) is 1.04. The molecule has 0 radical (unpaired) electrons. The average Bonchev–Trinajstić information content (AvgIpc) is 3.71. The average molecular weight is 794 g/mol. The number of aromatic carboxylic acids is 1. The minimum atomic E-state index is -4.73. The molecule has 8 N–H and O–H groups in total. The Balaban J connectivity index is 1.20. The molecule has 0 spiro atoms. The van der Waals surface area contributed by atoms with E-state index in [0.717, 1.165) is 44.6 Å². The number of hydrogen-bond donors (Lipinski definition) is 7. The summed E-state index contributed by atoms with van der Waals surface area (Å²) in [7, 11) is -4.73. The number of hydrogen-bond acceptors (Lipinski definition) is 18. The molecule has 0 bridgehead atoms. The van der Waals surface area contributed by atoms with Crippen LogP contribution in [0.25, 0.3) is 5.78 Å². The van der Waals surface area contributed by atoms with Crippen molar-refractivity contribution in [1.82, 2.24) is 34.8 Å². The van der Waals surface area contributed by atoms with Crippen molar-refractivity contribution in [3.8, 4) is 11.5 Å². The van der Waals surface area contributed by atoms with Gasteiger partial charge in [-0.2, -0.15) is 17.9 Å². The lowest BCUT2D eigenvalue weighted by Gasteiger charge is -2.49. The highest BCUT2D eigenvalue weighted by Crippen LogP contribution is 2.42. The number of phenolic OH excluding ortho intramolecular Hbond substituents is 2. The zero-order valence-corrected chi connectivity index (χ0v) is 29.3. The van der Waals surface area contributed by atoms with Gasteiger partial charge in [-0.15, -0.1) is 40.0 Å². The number of benzene rings is 1. The molecule has 2 amide bonds. The number of fused-ring (bicyclic) bond motifs is 2. The van der Waals surface area contributed by atoms with E-state index in [1.165, 1.54) is 17.1 Å². The summed E-state index contributed by atoms with van der Waals surface area (Å²) in [4.78, 5) is 69.1. The van der Waals surface area contributed by atoms with Gasteiger partial charge >= 0.3 is 22.1 Å². The second-order valence-corrected chi connectivity index (χ2v) is 15.1. The molecule has 2 aliphatic heterocycles. The van der Waals surface area contributed by atoms with Gasteiger partial charge in [0.1, 0.15) is 34.4 Å². The minimum Gasteiger partial charge on any atom is -0.504 e. The molecule has 2 atom stereocenters. The largest absolute Gasteiger partial charge is 0.504 e. The fourth-order valence-electron chi connectivity index (χ4n) is 5.02. The van der Waals surface area contributed by atoms with Crippen LogP contribution in [0, 0.1) is 6.92 Å². The van der Waals surface area contributed by atoms with Gasteiger partial charge < -0.3 is 36.3 Å². The number of oxime groups is 1. The second-order valence-electron chi connectivity index (χ2n) is 10.8. The summed E-state index contributed by atoms with van der Waals surface area (Å²) in [5.74, 6) is -5.82. The maximum absolute atomic E-state index is 13.5. The van der Waals surface area contributed by atoms with Crippen LogP contribution in [0.4, 0.5) is 5.13 Å². The monoisotopic (exact) mass is 793 g/mol. The van der Waals surface area contributed by atoms with Crippen LogP contribution in [0.15, 0.2) is 50.2 Å². The summed E-state index contributed by atoms with van der Waals surface area (Å²) in [6.07, 6.45) is 0. The summed E-state index contributed by atoms with van der Waals surface area (Å²) < 4.78 is 33.6. The predicted molar refractivity (Wildman–Crippen MR) is 180 cm³/mol. The quantitative estimate of drug-likeness (QED) is 0.0193. The maximum atomic E-state index is 13.5. The number of aryl methyl sites for hydroxylation is 1. The first-order valence-corrected chi connectivity index (χ1v) is 18.6. The molecule has 0 unspecified atom stereocenters. The Labute approximate surface area is 303 Å². The van der Waals surface area contributed by atoms with Crippen molar-refractivity contribution in [1.29, 1.82) is 0 Å². The number of phenols is 2. The number of carboxylic acids is 2. The smallest absolute Gasteiger partial charge is 0.352 e. The number of rotatable bonds is 12. The van der Waals surface area contributed by atoms with Gasteiger partial charge in [0.05, 0.1) is 5.56 Å². The number of thioether (sulfide) groups is 2. The number of amides is 2. The highest BCUT2D eigenvalue weighted by Gasteiger charge is 2.54. The van der Waals surface area contributed by atoms with E-state index < -0.39 is 79.8 Å². The number of nitrogens with zero attached hydrogens (tertiary/aromatic N) is 7. The molecule has 1 saturated heterocycles. The Hall–Kier alpha value is -5.50. The summed E-state index contributed by atoms with van der Waals surface area (Å²) in [5, 5.41) is 49.3. The number of aliphatic carboxylic acids is 1. The maximum Gasteiger partial charge on any atom is 0.352 e. The summed E-state index contributed by atoms with van der Waals surface area (Å²) in [5.41, 5.74) is 5.20. The summed E-state index contributed by atoms with van der Waals surface area (Å²) in [6, 6.07) is 2.11. The van der Waals surface area contributed by atoms with Crippen LogP contribution in [0.3, 0.4) is 0 Å². The number of aromatic nitrogens is 5. The molecule has 52 heavy (non-hydrogen) atoms. The van der Waals surface area contributed by atoms with Crippen LogP contribution in [-0.2, 0) is 35.9 Å². The zero-order valence-electron chi connectivity index (χ0n) is 26.0. The molecule has 272 valence electrons.